The van der Waals surface area contributed by atoms with Crippen molar-refractivity contribution in [3.05, 3.63) is 27.7 Å². The summed E-state index contributed by atoms with van der Waals surface area (Å²) in [5.41, 5.74) is 0.211. The molecule has 24 heavy (non-hydrogen) atoms. The van der Waals surface area contributed by atoms with E-state index in [0.717, 1.165) is 0 Å². The van der Waals surface area contributed by atoms with E-state index in [4.69, 9.17) is 32.7 Å². The zero-order valence-electron chi connectivity index (χ0n) is 13.2. The van der Waals surface area contributed by atoms with Gasteiger partial charge in [-0.25, -0.2) is 0 Å². The summed E-state index contributed by atoms with van der Waals surface area (Å²) in [7, 11) is 1.42. The number of hydrogen-bond acceptors (Lipinski definition) is 4. The summed E-state index contributed by atoms with van der Waals surface area (Å²) < 4.78 is 10.4. The monoisotopic (exact) mass is 375 g/mol. The molecule has 1 amide bonds. The molecule has 0 aromatic heterocycles. The number of carbonyl (C=O) groups excluding carboxylic acids is 1. The predicted molar refractivity (Wildman–Crippen MR) is 90.0 cm³/mol. The van der Waals surface area contributed by atoms with Crippen molar-refractivity contribution in [2.45, 2.75) is 12.8 Å². The van der Waals surface area contributed by atoms with Gasteiger partial charge in [-0.05, 0) is 24.8 Å². The first-order valence-corrected chi connectivity index (χ1v) is 8.31. The second-order valence-corrected chi connectivity index (χ2v) is 6.39. The fourth-order valence-corrected chi connectivity index (χ4v) is 3.06. The average Bonchev–Trinajstić information content (AvgIpc) is 2.57. The van der Waals surface area contributed by atoms with Gasteiger partial charge in [0.25, 0.3) is 5.91 Å². The van der Waals surface area contributed by atoms with E-state index in [-0.39, 0.29) is 33.8 Å². The van der Waals surface area contributed by atoms with Crippen molar-refractivity contribution in [2.24, 2.45) is 11.8 Å². The first kappa shape index (κ1) is 18.8. The summed E-state index contributed by atoms with van der Waals surface area (Å²) in [4.78, 5) is 23.9. The number of benzene rings is 1. The SMILES string of the molecule is COc1cc(Cl)c(Cl)cc1C(=O)NCC(C(=O)O)C1CCOCC1. The maximum Gasteiger partial charge on any atom is 0.308 e. The Morgan fingerprint density at radius 3 is 2.54 bits per heavy atom. The molecule has 0 bridgehead atoms. The van der Waals surface area contributed by atoms with Crippen LogP contribution in [-0.4, -0.2) is 43.9 Å². The minimum atomic E-state index is -0.927. The third-order valence-electron chi connectivity index (χ3n) is 4.12. The Balaban J connectivity index is 2.08. The van der Waals surface area contributed by atoms with Crippen molar-refractivity contribution in [1.82, 2.24) is 5.32 Å². The second-order valence-electron chi connectivity index (χ2n) is 5.57. The van der Waals surface area contributed by atoms with E-state index >= 15 is 0 Å². The number of carboxylic acid groups (broad SMARTS) is 1. The average molecular weight is 376 g/mol. The van der Waals surface area contributed by atoms with Gasteiger partial charge in [0.05, 0.1) is 28.6 Å². The van der Waals surface area contributed by atoms with Gasteiger partial charge in [0.15, 0.2) is 0 Å². The highest BCUT2D eigenvalue weighted by molar-refractivity contribution is 6.42. The molecule has 0 radical (unpaired) electrons. The van der Waals surface area contributed by atoms with E-state index in [1.807, 2.05) is 0 Å². The maximum absolute atomic E-state index is 12.4. The summed E-state index contributed by atoms with van der Waals surface area (Å²) in [6, 6.07) is 2.86. The van der Waals surface area contributed by atoms with Gasteiger partial charge in [-0.1, -0.05) is 23.2 Å². The number of hydrogen-bond donors (Lipinski definition) is 2. The zero-order chi connectivity index (χ0) is 17.7. The van der Waals surface area contributed by atoms with Crippen LogP contribution in [-0.2, 0) is 9.53 Å². The molecule has 2 rings (SSSR count). The van der Waals surface area contributed by atoms with Crippen LogP contribution in [0.3, 0.4) is 0 Å². The van der Waals surface area contributed by atoms with E-state index in [9.17, 15) is 14.7 Å². The Bertz CT molecular complexity index is 617. The van der Waals surface area contributed by atoms with Crippen LogP contribution >= 0.6 is 23.2 Å². The topological polar surface area (TPSA) is 84.9 Å². The molecular weight excluding hydrogens is 357 g/mol. The van der Waals surface area contributed by atoms with Crippen molar-refractivity contribution in [3.8, 4) is 5.75 Å². The number of carboxylic acids is 1. The number of nitrogens with one attached hydrogen (secondary N) is 1. The molecule has 1 fully saturated rings. The minimum absolute atomic E-state index is 0.0211. The molecular formula is C16H19Cl2NO5. The quantitative estimate of drug-likeness (QED) is 0.798. The highest BCUT2D eigenvalue weighted by Crippen LogP contribution is 2.30. The van der Waals surface area contributed by atoms with E-state index in [1.54, 1.807) is 0 Å². The molecule has 1 saturated heterocycles. The Hall–Kier alpha value is -1.50. The molecule has 0 spiro atoms. The van der Waals surface area contributed by atoms with Crippen molar-refractivity contribution >= 4 is 35.1 Å². The minimum Gasteiger partial charge on any atom is -0.496 e. The number of methoxy groups -OCH3 is 1. The smallest absolute Gasteiger partial charge is 0.308 e. The van der Waals surface area contributed by atoms with Gasteiger partial charge in [-0.3, -0.25) is 9.59 Å². The van der Waals surface area contributed by atoms with Crippen molar-refractivity contribution < 1.29 is 24.2 Å². The Labute approximate surface area is 150 Å². The normalized spacial score (nSPS) is 16.5. The highest BCUT2D eigenvalue weighted by atomic mass is 35.5. The fourth-order valence-electron chi connectivity index (χ4n) is 2.75. The molecule has 1 aliphatic heterocycles. The molecule has 1 atom stereocenters. The van der Waals surface area contributed by atoms with Gasteiger partial charge < -0.3 is 19.9 Å². The summed E-state index contributed by atoms with van der Waals surface area (Å²) >= 11 is 11.9. The van der Waals surface area contributed by atoms with E-state index in [1.165, 1.54) is 19.2 Å². The predicted octanol–water partition coefficient (Wildman–Crippen LogP) is 2.86. The molecule has 8 heteroatoms. The van der Waals surface area contributed by atoms with Crippen LogP contribution in [0.2, 0.25) is 10.0 Å². The lowest BCUT2D eigenvalue weighted by atomic mass is 9.86. The molecule has 0 saturated carbocycles. The lowest BCUT2D eigenvalue weighted by Gasteiger charge is -2.27. The summed E-state index contributed by atoms with van der Waals surface area (Å²) in [6.07, 6.45) is 1.34. The van der Waals surface area contributed by atoms with E-state index < -0.39 is 17.8 Å². The standard InChI is InChI=1S/C16H19Cl2NO5/c1-23-14-7-13(18)12(17)6-10(14)15(20)19-8-11(16(21)22)9-2-4-24-5-3-9/h6-7,9,11H,2-5,8H2,1H3,(H,19,20)(H,21,22). The third kappa shape index (κ3) is 4.53. The number of rotatable bonds is 6. The van der Waals surface area contributed by atoms with Crippen molar-refractivity contribution in [3.63, 3.8) is 0 Å². The van der Waals surface area contributed by atoms with Gasteiger partial charge in [-0.15, -0.1) is 0 Å². The van der Waals surface area contributed by atoms with Crippen LogP contribution in [0.5, 0.6) is 5.75 Å². The number of ether oxygens (including phenoxy) is 2. The van der Waals surface area contributed by atoms with Crippen LogP contribution in [0.25, 0.3) is 0 Å². The van der Waals surface area contributed by atoms with Gasteiger partial charge in [0.1, 0.15) is 5.75 Å². The third-order valence-corrected chi connectivity index (χ3v) is 4.84. The van der Waals surface area contributed by atoms with Crippen LogP contribution in [0, 0.1) is 11.8 Å². The fraction of sp³-hybridized carbons (Fsp3) is 0.500. The Kier molecular flexibility index (Phi) is 6.71. The largest absolute Gasteiger partial charge is 0.496 e. The Morgan fingerprint density at radius 2 is 1.96 bits per heavy atom. The lowest BCUT2D eigenvalue weighted by Crippen LogP contribution is -2.39. The summed E-state index contributed by atoms with van der Waals surface area (Å²) in [6.45, 7) is 1.12. The Morgan fingerprint density at radius 1 is 1.33 bits per heavy atom. The number of halogens is 2. The van der Waals surface area contributed by atoms with Crippen LogP contribution < -0.4 is 10.1 Å². The van der Waals surface area contributed by atoms with Crippen molar-refractivity contribution in [1.29, 1.82) is 0 Å². The zero-order valence-corrected chi connectivity index (χ0v) is 14.7. The molecule has 0 aliphatic carbocycles. The highest BCUT2D eigenvalue weighted by Gasteiger charge is 2.30. The van der Waals surface area contributed by atoms with E-state index in [0.29, 0.717) is 26.1 Å². The lowest BCUT2D eigenvalue weighted by molar-refractivity contribution is -0.144. The molecule has 132 valence electrons. The first-order chi connectivity index (χ1) is 11.4. The second kappa shape index (κ2) is 8.55. The summed E-state index contributed by atoms with van der Waals surface area (Å²) in [5, 5.41) is 12.6. The van der Waals surface area contributed by atoms with Crippen LogP contribution in [0.4, 0.5) is 0 Å². The molecule has 6 nitrogen and oxygen atoms in total. The number of carbonyl (C=O) groups is 2. The van der Waals surface area contributed by atoms with Crippen molar-refractivity contribution in [2.75, 3.05) is 26.9 Å². The van der Waals surface area contributed by atoms with Crippen LogP contribution in [0.15, 0.2) is 12.1 Å². The molecule has 1 aromatic carbocycles. The van der Waals surface area contributed by atoms with Crippen LogP contribution in [0.1, 0.15) is 23.2 Å². The molecule has 1 aliphatic rings. The summed E-state index contributed by atoms with van der Waals surface area (Å²) in [5.74, 6) is -1.79. The number of amides is 1. The van der Waals surface area contributed by atoms with Gasteiger partial charge >= 0.3 is 5.97 Å². The van der Waals surface area contributed by atoms with E-state index in [2.05, 4.69) is 5.32 Å². The molecule has 1 aromatic rings. The van der Waals surface area contributed by atoms with Gasteiger partial charge in [0.2, 0.25) is 0 Å². The van der Waals surface area contributed by atoms with Gasteiger partial charge in [0, 0.05) is 25.8 Å². The number of aliphatic carboxylic acids is 1. The molecule has 2 N–H and O–H groups in total. The molecule has 1 heterocycles. The van der Waals surface area contributed by atoms with Gasteiger partial charge in [-0.2, -0.15) is 0 Å². The maximum atomic E-state index is 12.4. The molecule has 1 unspecified atom stereocenters. The first-order valence-electron chi connectivity index (χ1n) is 7.55.